The number of benzene rings is 1. The SMILES string of the molecule is C[C@H]1CCC(=O)N([C@@H](C)c2ccccc2)CC1. The van der Waals surface area contributed by atoms with Crippen molar-refractivity contribution in [2.75, 3.05) is 6.54 Å². The van der Waals surface area contributed by atoms with E-state index in [1.165, 1.54) is 5.56 Å². The summed E-state index contributed by atoms with van der Waals surface area (Å²) in [5.41, 5.74) is 1.23. The third kappa shape index (κ3) is 2.87. The highest BCUT2D eigenvalue weighted by Crippen LogP contribution is 2.26. The van der Waals surface area contributed by atoms with Gasteiger partial charge in [-0.15, -0.1) is 0 Å². The minimum Gasteiger partial charge on any atom is -0.336 e. The number of hydrogen-bond acceptors (Lipinski definition) is 1. The standard InChI is InChI=1S/C15H21NO/c1-12-8-9-15(17)16(11-10-12)13(2)14-6-4-3-5-7-14/h3-7,12-13H,8-11H2,1-2H3/t12-,13-/m0/s1. The van der Waals surface area contributed by atoms with Crippen molar-refractivity contribution in [3.63, 3.8) is 0 Å². The predicted octanol–water partition coefficient (Wildman–Crippen LogP) is 3.40. The first-order valence-electron chi connectivity index (χ1n) is 6.53. The van der Waals surface area contributed by atoms with Crippen LogP contribution in [0.1, 0.15) is 44.7 Å². The van der Waals surface area contributed by atoms with Crippen LogP contribution >= 0.6 is 0 Å². The summed E-state index contributed by atoms with van der Waals surface area (Å²) in [7, 11) is 0. The molecule has 2 heteroatoms. The van der Waals surface area contributed by atoms with Crippen LogP contribution in [0.3, 0.4) is 0 Å². The van der Waals surface area contributed by atoms with E-state index in [1.54, 1.807) is 0 Å². The number of rotatable bonds is 2. The summed E-state index contributed by atoms with van der Waals surface area (Å²) in [6.07, 6.45) is 2.87. The van der Waals surface area contributed by atoms with Gasteiger partial charge in [-0.25, -0.2) is 0 Å². The summed E-state index contributed by atoms with van der Waals surface area (Å²) in [4.78, 5) is 14.1. The highest BCUT2D eigenvalue weighted by atomic mass is 16.2. The first-order chi connectivity index (χ1) is 8.18. The van der Waals surface area contributed by atoms with Gasteiger partial charge in [-0.3, -0.25) is 4.79 Å². The molecular weight excluding hydrogens is 210 g/mol. The quantitative estimate of drug-likeness (QED) is 0.764. The van der Waals surface area contributed by atoms with Gasteiger partial charge in [0.2, 0.25) is 5.91 Å². The second kappa shape index (κ2) is 5.35. The van der Waals surface area contributed by atoms with Crippen molar-refractivity contribution in [1.82, 2.24) is 4.90 Å². The molecule has 0 radical (unpaired) electrons. The minimum atomic E-state index is 0.203. The summed E-state index contributed by atoms with van der Waals surface area (Å²) in [5.74, 6) is 0.984. The van der Waals surface area contributed by atoms with Gasteiger partial charge in [0.25, 0.3) is 0 Å². The molecular formula is C15H21NO. The molecule has 0 aliphatic carbocycles. The highest BCUT2D eigenvalue weighted by molar-refractivity contribution is 5.77. The van der Waals surface area contributed by atoms with Crippen molar-refractivity contribution in [1.29, 1.82) is 0 Å². The Kier molecular flexibility index (Phi) is 3.82. The first-order valence-corrected chi connectivity index (χ1v) is 6.53. The lowest BCUT2D eigenvalue weighted by Crippen LogP contribution is -2.33. The predicted molar refractivity (Wildman–Crippen MR) is 69.6 cm³/mol. The van der Waals surface area contributed by atoms with Gasteiger partial charge >= 0.3 is 0 Å². The van der Waals surface area contributed by atoms with Gasteiger partial charge in [-0.1, -0.05) is 37.3 Å². The average Bonchev–Trinajstić information content (AvgIpc) is 2.52. The van der Waals surface area contributed by atoms with Crippen LogP contribution in [0.5, 0.6) is 0 Å². The van der Waals surface area contributed by atoms with Crippen LogP contribution in [-0.4, -0.2) is 17.4 Å². The van der Waals surface area contributed by atoms with Crippen molar-refractivity contribution < 1.29 is 4.79 Å². The van der Waals surface area contributed by atoms with Crippen LogP contribution in [-0.2, 0) is 4.79 Å². The lowest BCUT2D eigenvalue weighted by Gasteiger charge is -2.28. The molecule has 1 amide bonds. The summed E-state index contributed by atoms with van der Waals surface area (Å²) in [6.45, 7) is 5.27. The number of carbonyl (C=O) groups excluding carboxylic acids is 1. The van der Waals surface area contributed by atoms with Gasteiger partial charge < -0.3 is 4.90 Å². The molecule has 1 fully saturated rings. The Morgan fingerprint density at radius 3 is 2.65 bits per heavy atom. The van der Waals surface area contributed by atoms with Crippen molar-refractivity contribution >= 4 is 5.91 Å². The van der Waals surface area contributed by atoms with Gasteiger partial charge in [0.15, 0.2) is 0 Å². The topological polar surface area (TPSA) is 20.3 Å². The zero-order valence-electron chi connectivity index (χ0n) is 10.7. The molecule has 0 spiro atoms. The molecule has 1 aliphatic rings. The maximum Gasteiger partial charge on any atom is 0.223 e. The van der Waals surface area contributed by atoms with Crippen molar-refractivity contribution in [3.05, 3.63) is 35.9 Å². The van der Waals surface area contributed by atoms with E-state index >= 15 is 0 Å². The third-order valence-corrected chi connectivity index (χ3v) is 3.78. The Labute approximate surface area is 104 Å². The molecule has 2 rings (SSSR count). The lowest BCUT2D eigenvalue weighted by atomic mass is 10.0. The summed E-state index contributed by atoms with van der Waals surface area (Å²) in [6, 6.07) is 10.5. The molecule has 1 saturated heterocycles. The molecule has 1 aromatic rings. The van der Waals surface area contributed by atoms with E-state index in [2.05, 4.69) is 26.0 Å². The van der Waals surface area contributed by atoms with Crippen molar-refractivity contribution in [2.45, 2.75) is 39.2 Å². The van der Waals surface area contributed by atoms with Gasteiger partial charge in [-0.05, 0) is 31.2 Å². The van der Waals surface area contributed by atoms with E-state index in [-0.39, 0.29) is 6.04 Å². The third-order valence-electron chi connectivity index (χ3n) is 3.78. The normalized spacial score (nSPS) is 23.3. The smallest absolute Gasteiger partial charge is 0.223 e. The van der Waals surface area contributed by atoms with Gasteiger partial charge in [0.1, 0.15) is 0 Å². The van der Waals surface area contributed by atoms with E-state index in [4.69, 9.17) is 0 Å². The van der Waals surface area contributed by atoms with Crippen LogP contribution in [0.4, 0.5) is 0 Å². The van der Waals surface area contributed by atoms with Crippen LogP contribution < -0.4 is 0 Å². The summed E-state index contributed by atoms with van der Waals surface area (Å²) < 4.78 is 0. The average molecular weight is 231 g/mol. The van der Waals surface area contributed by atoms with E-state index in [0.717, 1.165) is 19.4 Å². The molecule has 2 nitrogen and oxygen atoms in total. The number of hydrogen-bond donors (Lipinski definition) is 0. The zero-order chi connectivity index (χ0) is 12.3. The van der Waals surface area contributed by atoms with Crippen molar-refractivity contribution in [2.24, 2.45) is 5.92 Å². The molecule has 1 aliphatic heterocycles. The largest absolute Gasteiger partial charge is 0.336 e. The van der Waals surface area contributed by atoms with Crippen molar-refractivity contribution in [3.8, 4) is 0 Å². The van der Waals surface area contributed by atoms with Crippen LogP contribution in [0.15, 0.2) is 30.3 Å². The first kappa shape index (κ1) is 12.2. The Bertz CT molecular complexity index is 374. The van der Waals surface area contributed by atoms with Gasteiger partial charge in [0.05, 0.1) is 6.04 Å². The fourth-order valence-electron chi connectivity index (χ4n) is 2.46. The molecule has 0 unspecified atom stereocenters. The molecule has 2 atom stereocenters. The summed E-state index contributed by atoms with van der Waals surface area (Å²) in [5, 5.41) is 0. The molecule has 0 N–H and O–H groups in total. The molecule has 17 heavy (non-hydrogen) atoms. The lowest BCUT2D eigenvalue weighted by molar-refractivity contribution is -0.132. The molecule has 0 bridgehead atoms. The fraction of sp³-hybridized carbons (Fsp3) is 0.533. The Morgan fingerprint density at radius 1 is 1.24 bits per heavy atom. The van der Waals surface area contributed by atoms with E-state index in [1.807, 2.05) is 23.1 Å². The summed E-state index contributed by atoms with van der Waals surface area (Å²) >= 11 is 0. The Balaban J connectivity index is 2.13. The highest BCUT2D eigenvalue weighted by Gasteiger charge is 2.24. The maximum absolute atomic E-state index is 12.1. The second-order valence-electron chi connectivity index (χ2n) is 5.11. The number of nitrogens with zero attached hydrogens (tertiary/aromatic N) is 1. The monoisotopic (exact) mass is 231 g/mol. The van der Waals surface area contributed by atoms with Crippen LogP contribution in [0.2, 0.25) is 0 Å². The van der Waals surface area contributed by atoms with Crippen LogP contribution in [0, 0.1) is 5.92 Å². The molecule has 1 heterocycles. The minimum absolute atomic E-state index is 0.203. The zero-order valence-corrected chi connectivity index (χ0v) is 10.7. The van der Waals surface area contributed by atoms with Gasteiger partial charge in [0, 0.05) is 13.0 Å². The molecule has 92 valence electrons. The second-order valence-corrected chi connectivity index (χ2v) is 5.11. The molecule has 1 aromatic carbocycles. The van der Waals surface area contributed by atoms with E-state index in [9.17, 15) is 4.79 Å². The van der Waals surface area contributed by atoms with Crippen LogP contribution in [0.25, 0.3) is 0 Å². The fourth-order valence-corrected chi connectivity index (χ4v) is 2.46. The van der Waals surface area contributed by atoms with Gasteiger partial charge in [-0.2, -0.15) is 0 Å². The van der Waals surface area contributed by atoms with E-state index < -0.39 is 0 Å². The Morgan fingerprint density at radius 2 is 1.94 bits per heavy atom. The number of likely N-dealkylation sites (tertiary alicyclic amines) is 1. The molecule has 0 saturated carbocycles. The van der Waals surface area contributed by atoms with E-state index in [0.29, 0.717) is 18.2 Å². The number of carbonyl (C=O) groups is 1. The number of amides is 1. The molecule has 0 aromatic heterocycles. The maximum atomic E-state index is 12.1. The Hall–Kier alpha value is -1.31.